The molecule has 1 spiro atoms. The van der Waals surface area contributed by atoms with Crippen LogP contribution >= 0.6 is 0 Å². The maximum absolute atomic E-state index is 13.3. The first-order valence-corrected chi connectivity index (χ1v) is 10.8. The average molecular weight is 434 g/mol. The van der Waals surface area contributed by atoms with Gasteiger partial charge in [0.05, 0.1) is 32.5 Å². The monoisotopic (exact) mass is 434 g/mol. The lowest BCUT2D eigenvalue weighted by atomic mass is 9.76. The Balaban J connectivity index is 1.70. The molecule has 166 valence electrons. The number of aliphatic imine (C=N–C) groups is 1. The first-order chi connectivity index (χ1) is 15.7. The summed E-state index contributed by atoms with van der Waals surface area (Å²) in [6, 6.07) is 13.5. The van der Waals surface area contributed by atoms with Crippen LogP contribution in [0.15, 0.2) is 64.9 Å². The molecule has 0 radical (unpaired) electrons. The standard InChI is InChI=1S/C24H26N4O4/c1-30-23(29)21-19(16-28-11-14-31-15-12-28)26-22(18-7-4-5-10-25-18)27-24(21)9-13-32-20-8-3-2-6-17(20)24/h2-8,10H,9,11-16H2,1H3,(H,26,27). The lowest BCUT2D eigenvalue weighted by Crippen LogP contribution is -2.49. The van der Waals surface area contributed by atoms with E-state index in [9.17, 15) is 4.79 Å². The smallest absolute Gasteiger partial charge is 0.338 e. The fourth-order valence-corrected chi connectivity index (χ4v) is 4.60. The molecule has 0 amide bonds. The molecule has 1 atom stereocenters. The molecular weight excluding hydrogens is 408 g/mol. The predicted molar refractivity (Wildman–Crippen MR) is 118 cm³/mol. The number of esters is 1. The number of nitrogens with zero attached hydrogens (tertiary/aromatic N) is 3. The van der Waals surface area contributed by atoms with E-state index < -0.39 is 5.54 Å². The SMILES string of the molecule is COC(=O)C1=C(CN2CCOCC2)NC(c2ccccn2)=NC12CCOc1ccccc12. The highest BCUT2D eigenvalue weighted by Gasteiger charge is 2.49. The summed E-state index contributed by atoms with van der Waals surface area (Å²) in [5.74, 6) is 0.983. The van der Waals surface area contributed by atoms with E-state index in [0.29, 0.717) is 44.2 Å². The number of hydrogen-bond acceptors (Lipinski definition) is 8. The second kappa shape index (κ2) is 8.72. The highest BCUT2D eigenvalue weighted by Crippen LogP contribution is 2.47. The van der Waals surface area contributed by atoms with Gasteiger partial charge in [-0.3, -0.25) is 9.88 Å². The van der Waals surface area contributed by atoms with Crippen LogP contribution in [-0.4, -0.2) is 68.3 Å². The van der Waals surface area contributed by atoms with Crippen LogP contribution in [0.2, 0.25) is 0 Å². The van der Waals surface area contributed by atoms with Crippen LogP contribution in [0.5, 0.6) is 5.75 Å². The van der Waals surface area contributed by atoms with Crippen molar-refractivity contribution in [2.45, 2.75) is 12.0 Å². The van der Waals surface area contributed by atoms with E-state index in [0.717, 1.165) is 35.8 Å². The van der Waals surface area contributed by atoms with Gasteiger partial charge in [0.2, 0.25) is 0 Å². The maximum atomic E-state index is 13.3. The van der Waals surface area contributed by atoms with Crippen LogP contribution in [0.1, 0.15) is 17.7 Å². The van der Waals surface area contributed by atoms with E-state index in [1.165, 1.54) is 7.11 Å². The summed E-state index contributed by atoms with van der Waals surface area (Å²) in [6.07, 6.45) is 2.27. The van der Waals surface area contributed by atoms with E-state index in [4.69, 9.17) is 19.2 Å². The topological polar surface area (TPSA) is 85.3 Å². The minimum absolute atomic E-state index is 0.388. The number of benzene rings is 1. The Morgan fingerprint density at radius 2 is 1.97 bits per heavy atom. The quantitative estimate of drug-likeness (QED) is 0.736. The fourth-order valence-electron chi connectivity index (χ4n) is 4.60. The molecule has 3 aliphatic rings. The third-order valence-corrected chi connectivity index (χ3v) is 6.12. The number of aromatic nitrogens is 1. The number of pyridine rings is 1. The number of carbonyl (C=O) groups is 1. The molecule has 0 bridgehead atoms. The summed E-state index contributed by atoms with van der Waals surface area (Å²) in [5.41, 5.74) is 1.98. The van der Waals surface area contributed by atoms with Crippen LogP contribution in [0, 0.1) is 0 Å². The Labute approximate surface area is 186 Å². The summed E-state index contributed by atoms with van der Waals surface area (Å²) < 4.78 is 16.7. The summed E-state index contributed by atoms with van der Waals surface area (Å²) in [5, 5.41) is 3.43. The molecule has 0 saturated carbocycles. The molecule has 4 heterocycles. The van der Waals surface area contributed by atoms with Gasteiger partial charge < -0.3 is 19.5 Å². The fraction of sp³-hybridized carbons (Fsp3) is 0.375. The molecule has 0 aliphatic carbocycles. The molecule has 1 unspecified atom stereocenters. The Hall–Kier alpha value is -3.23. The number of methoxy groups -OCH3 is 1. The molecule has 1 aromatic heterocycles. The Morgan fingerprint density at radius 1 is 1.16 bits per heavy atom. The van der Waals surface area contributed by atoms with Crippen molar-refractivity contribution in [2.75, 3.05) is 46.6 Å². The van der Waals surface area contributed by atoms with Gasteiger partial charge in [-0.25, -0.2) is 9.79 Å². The van der Waals surface area contributed by atoms with E-state index in [-0.39, 0.29) is 5.97 Å². The third-order valence-electron chi connectivity index (χ3n) is 6.12. The van der Waals surface area contributed by atoms with Crippen LogP contribution in [0.3, 0.4) is 0 Å². The van der Waals surface area contributed by atoms with E-state index in [2.05, 4.69) is 15.2 Å². The lowest BCUT2D eigenvalue weighted by Gasteiger charge is -2.41. The van der Waals surface area contributed by atoms with Gasteiger partial charge in [-0.1, -0.05) is 24.3 Å². The van der Waals surface area contributed by atoms with Crippen molar-refractivity contribution >= 4 is 11.8 Å². The first kappa shape index (κ1) is 20.7. The summed E-state index contributed by atoms with van der Waals surface area (Å²) in [7, 11) is 1.42. The van der Waals surface area contributed by atoms with E-state index in [1.54, 1.807) is 6.20 Å². The third kappa shape index (κ3) is 3.65. The summed E-state index contributed by atoms with van der Waals surface area (Å²) in [6.45, 7) is 3.93. The van der Waals surface area contributed by atoms with Gasteiger partial charge in [0.1, 0.15) is 17.0 Å². The number of para-hydroxylation sites is 1. The number of fused-ring (bicyclic) bond motifs is 2. The second-order valence-corrected chi connectivity index (χ2v) is 7.99. The molecule has 5 rings (SSSR count). The highest BCUT2D eigenvalue weighted by atomic mass is 16.5. The number of morpholine rings is 1. The van der Waals surface area contributed by atoms with Gasteiger partial charge >= 0.3 is 5.97 Å². The first-order valence-electron chi connectivity index (χ1n) is 10.8. The molecule has 1 N–H and O–H groups in total. The van der Waals surface area contributed by atoms with E-state index >= 15 is 0 Å². The molecule has 32 heavy (non-hydrogen) atoms. The van der Waals surface area contributed by atoms with Crippen molar-refractivity contribution in [3.05, 3.63) is 71.2 Å². The summed E-state index contributed by atoms with van der Waals surface area (Å²) >= 11 is 0. The van der Waals surface area contributed by atoms with Gasteiger partial charge in [-0.05, 0) is 18.2 Å². The van der Waals surface area contributed by atoms with Crippen LogP contribution in [-0.2, 0) is 19.8 Å². The molecule has 3 aliphatic heterocycles. The van der Waals surface area contributed by atoms with Gasteiger partial charge in [-0.2, -0.15) is 0 Å². The zero-order valence-corrected chi connectivity index (χ0v) is 18.0. The Kier molecular flexibility index (Phi) is 5.63. The number of hydrogen-bond donors (Lipinski definition) is 1. The van der Waals surface area contributed by atoms with Crippen LogP contribution < -0.4 is 10.1 Å². The number of amidine groups is 1. The zero-order chi connectivity index (χ0) is 22.0. The van der Waals surface area contributed by atoms with Crippen molar-refractivity contribution in [2.24, 2.45) is 4.99 Å². The van der Waals surface area contributed by atoms with Crippen molar-refractivity contribution < 1.29 is 19.0 Å². The molecule has 1 saturated heterocycles. The Morgan fingerprint density at radius 3 is 2.75 bits per heavy atom. The van der Waals surface area contributed by atoms with Crippen molar-refractivity contribution in [1.29, 1.82) is 0 Å². The summed E-state index contributed by atoms with van der Waals surface area (Å²) in [4.78, 5) is 25.2. The van der Waals surface area contributed by atoms with Crippen molar-refractivity contribution in [1.82, 2.24) is 15.2 Å². The predicted octanol–water partition coefficient (Wildman–Crippen LogP) is 1.87. The molecule has 1 fully saturated rings. The van der Waals surface area contributed by atoms with E-state index in [1.807, 2.05) is 42.5 Å². The number of carbonyl (C=O) groups excluding carboxylic acids is 1. The highest BCUT2D eigenvalue weighted by molar-refractivity contribution is 6.03. The second-order valence-electron chi connectivity index (χ2n) is 7.99. The largest absolute Gasteiger partial charge is 0.493 e. The number of ether oxygens (including phenoxy) is 3. The maximum Gasteiger partial charge on any atom is 0.338 e. The molecular formula is C24H26N4O4. The molecule has 1 aromatic carbocycles. The minimum Gasteiger partial charge on any atom is -0.493 e. The van der Waals surface area contributed by atoms with Gasteiger partial charge in [0, 0.05) is 43.5 Å². The zero-order valence-electron chi connectivity index (χ0n) is 18.0. The van der Waals surface area contributed by atoms with Gasteiger partial charge in [-0.15, -0.1) is 0 Å². The van der Waals surface area contributed by atoms with Crippen molar-refractivity contribution in [3.8, 4) is 5.75 Å². The van der Waals surface area contributed by atoms with Crippen molar-refractivity contribution in [3.63, 3.8) is 0 Å². The van der Waals surface area contributed by atoms with Crippen LogP contribution in [0.4, 0.5) is 0 Å². The molecule has 8 heteroatoms. The van der Waals surface area contributed by atoms with Gasteiger partial charge in [0.15, 0.2) is 5.84 Å². The van der Waals surface area contributed by atoms with Gasteiger partial charge in [0.25, 0.3) is 0 Å². The van der Waals surface area contributed by atoms with Crippen LogP contribution in [0.25, 0.3) is 0 Å². The number of rotatable bonds is 4. The average Bonchev–Trinajstić information content (AvgIpc) is 2.85. The number of nitrogens with one attached hydrogen (secondary N) is 1. The molecule has 8 nitrogen and oxygen atoms in total. The molecule has 2 aromatic rings. The lowest BCUT2D eigenvalue weighted by molar-refractivity contribution is -0.137. The Bertz CT molecular complexity index is 1060. The normalized spacial score (nSPS) is 23.1. The minimum atomic E-state index is -0.915.